The van der Waals surface area contributed by atoms with Gasteiger partial charge in [0.05, 0.1) is 13.2 Å². The lowest BCUT2D eigenvalue weighted by Crippen LogP contribution is -2.42. The van der Waals surface area contributed by atoms with Gasteiger partial charge >= 0.3 is 0 Å². The van der Waals surface area contributed by atoms with Gasteiger partial charge in [-0.2, -0.15) is 0 Å². The summed E-state index contributed by atoms with van der Waals surface area (Å²) >= 11 is 5.43. The molecular weight excluding hydrogens is 318 g/mol. The number of nitrogens with zero attached hydrogens (tertiary/aromatic N) is 1. The highest BCUT2D eigenvalue weighted by molar-refractivity contribution is 7.80. The molecule has 132 valence electrons. The molecule has 1 saturated heterocycles. The molecule has 1 aromatic carbocycles. The summed E-state index contributed by atoms with van der Waals surface area (Å²) in [6.45, 7) is 5.57. The van der Waals surface area contributed by atoms with Crippen molar-refractivity contribution in [1.82, 2.24) is 15.5 Å². The minimum absolute atomic E-state index is 0.564. The smallest absolute Gasteiger partial charge is 0.166 e. The molecule has 24 heavy (non-hydrogen) atoms. The topological polar surface area (TPSA) is 36.5 Å². The highest BCUT2D eigenvalue weighted by atomic mass is 32.1. The van der Waals surface area contributed by atoms with Gasteiger partial charge in [-0.25, -0.2) is 0 Å². The van der Waals surface area contributed by atoms with Crippen molar-refractivity contribution in [2.45, 2.75) is 51.2 Å². The average Bonchev–Trinajstić information content (AvgIpc) is 2.63. The van der Waals surface area contributed by atoms with Crippen LogP contribution in [0.25, 0.3) is 0 Å². The first-order valence-electron chi connectivity index (χ1n) is 9.22. The molecule has 1 aliphatic heterocycles. The summed E-state index contributed by atoms with van der Waals surface area (Å²) in [5.41, 5.74) is 2.64. The minimum Gasteiger partial charge on any atom is -0.379 e. The van der Waals surface area contributed by atoms with Crippen LogP contribution in [0.5, 0.6) is 0 Å². The molecule has 3 rings (SSSR count). The lowest BCUT2D eigenvalue weighted by atomic mass is 9.96. The Morgan fingerprint density at radius 3 is 2.42 bits per heavy atom. The predicted octanol–water partition coefficient (Wildman–Crippen LogP) is 2.82. The number of rotatable bonds is 5. The van der Waals surface area contributed by atoms with Crippen LogP contribution >= 0.6 is 12.2 Å². The third-order valence-electron chi connectivity index (χ3n) is 4.93. The van der Waals surface area contributed by atoms with Crippen molar-refractivity contribution in [2.24, 2.45) is 0 Å². The van der Waals surface area contributed by atoms with Crippen LogP contribution in [0.3, 0.4) is 0 Å². The molecule has 2 N–H and O–H groups in total. The maximum absolute atomic E-state index is 5.43. The molecule has 0 spiro atoms. The van der Waals surface area contributed by atoms with E-state index in [-0.39, 0.29) is 0 Å². The lowest BCUT2D eigenvalue weighted by molar-refractivity contribution is 0.0342. The van der Waals surface area contributed by atoms with Gasteiger partial charge in [0.1, 0.15) is 0 Å². The van der Waals surface area contributed by atoms with Crippen LogP contribution in [0.1, 0.15) is 43.2 Å². The van der Waals surface area contributed by atoms with Crippen LogP contribution in [0.15, 0.2) is 24.3 Å². The fourth-order valence-corrected chi connectivity index (χ4v) is 3.68. The first kappa shape index (κ1) is 17.6. The molecular formula is C19H29N3OS. The Hall–Kier alpha value is -1.17. The Labute approximate surface area is 150 Å². The van der Waals surface area contributed by atoms with Gasteiger partial charge in [-0.1, -0.05) is 43.5 Å². The van der Waals surface area contributed by atoms with Crippen LogP contribution in [0.2, 0.25) is 0 Å². The van der Waals surface area contributed by atoms with Crippen LogP contribution in [-0.4, -0.2) is 42.4 Å². The first-order valence-corrected chi connectivity index (χ1v) is 9.63. The largest absolute Gasteiger partial charge is 0.379 e. The zero-order valence-corrected chi connectivity index (χ0v) is 15.2. The van der Waals surface area contributed by atoms with E-state index in [4.69, 9.17) is 17.0 Å². The Morgan fingerprint density at radius 2 is 1.71 bits per heavy atom. The van der Waals surface area contributed by atoms with E-state index in [1.165, 1.54) is 43.2 Å². The Bertz CT molecular complexity index is 508. The second kappa shape index (κ2) is 9.35. The van der Waals surface area contributed by atoms with Crippen molar-refractivity contribution in [3.05, 3.63) is 35.4 Å². The maximum atomic E-state index is 5.43. The predicted molar refractivity (Wildman–Crippen MR) is 102 cm³/mol. The number of thiocarbonyl (C=S) groups is 1. The van der Waals surface area contributed by atoms with Gasteiger partial charge in [0.15, 0.2) is 5.11 Å². The molecule has 1 aliphatic carbocycles. The summed E-state index contributed by atoms with van der Waals surface area (Å²) in [4.78, 5) is 2.44. The van der Waals surface area contributed by atoms with E-state index in [9.17, 15) is 0 Å². The SMILES string of the molecule is S=C(NCc1ccc(CN2CCOCC2)cc1)NC1CCCCC1. The normalized spacial score (nSPS) is 19.8. The molecule has 0 atom stereocenters. The van der Waals surface area contributed by atoms with Crippen molar-refractivity contribution in [2.75, 3.05) is 26.3 Å². The Morgan fingerprint density at radius 1 is 1.04 bits per heavy atom. The zero-order chi connectivity index (χ0) is 16.6. The molecule has 0 unspecified atom stereocenters. The summed E-state index contributed by atoms with van der Waals surface area (Å²) < 4.78 is 5.40. The van der Waals surface area contributed by atoms with Gasteiger partial charge in [0.2, 0.25) is 0 Å². The van der Waals surface area contributed by atoms with Crippen LogP contribution in [0.4, 0.5) is 0 Å². The molecule has 1 saturated carbocycles. The van der Waals surface area contributed by atoms with E-state index < -0.39 is 0 Å². The maximum Gasteiger partial charge on any atom is 0.166 e. The molecule has 0 bridgehead atoms. The standard InChI is InChI=1S/C19H29N3OS/c24-19(21-18-4-2-1-3-5-18)20-14-16-6-8-17(9-7-16)15-22-10-12-23-13-11-22/h6-9,18H,1-5,10-15H2,(H2,20,21,24). The van der Waals surface area contributed by atoms with Gasteiger partial charge in [-0.05, 0) is 36.2 Å². The lowest BCUT2D eigenvalue weighted by Gasteiger charge is -2.26. The monoisotopic (exact) mass is 347 g/mol. The number of hydrogen-bond acceptors (Lipinski definition) is 3. The summed E-state index contributed by atoms with van der Waals surface area (Å²) in [6, 6.07) is 9.42. The van der Waals surface area contributed by atoms with Crippen molar-refractivity contribution >= 4 is 17.3 Å². The molecule has 2 aliphatic rings. The highest BCUT2D eigenvalue weighted by Crippen LogP contribution is 2.17. The molecule has 2 fully saturated rings. The van der Waals surface area contributed by atoms with Crippen LogP contribution < -0.4 is 10.6 Å². The molecule has 0 amide bonds. The molecule has 4 nitrogen and oxygen atoms in total. The minimum atomic E-state index is 0.564. The van der Waals surface area contributed by atoms with Gasteiger partial charge < -0.3 is 15.4 Å². The third kappa shape index (κ3) is 5.72. The van der Waals surface area contributed by atoms with E-state index in [2.05, 4.69) is 39.8 Å². The quantitative estimate of drug-likeness (QED) is 0.801. The summed E-state index contributed by atoms with van der Waals surface area (Å²) in [5, 5.41) is 7.59. The summed E-state index contributed by atoms with van der Waals surface area (Å²) in [5.74, 6) is 0. The second-order valence-corrected chi connectivity index (χ2v) is 7.28. The van der Waals surface area contributed by atoms with Crippen molar-refractivity contribution in [3.8, 4) is 0 Å². The molecule has 0 aromatic heterocycles. The fraction of sp³-hybridized carbons (Fsp3) is 0.632. The highest BCUT2D eigenvalue weighted by Gasteiger charge is 2.14. The molecule has 0 radical (unpaired) electrons. The van der Waals surface area contributed by atoms with E-state index in [0.29, 0.717) is 6.04 Å². The van der Waals surface area contributed by atoms with Gasteiger partial charge in [-0.3, -0.25) is 4.90 Å². The van der Waals surface area contributed by atoms with E-state index in [1.54, 1.807) is 0 Å². The van der Waals surface area contributed by atoms with E-state index >= 15 is 0 Å². The second-order valence-electron chi connectivity index (χ2n) is 6.87. The van der Waals surface area contributed by atoms with Crippen molar-refractivity contribution < 1.29 is 4.74 Å². The van der Waals surface area contributed by atoms with Crippen molar-refractivity contribution in [1.29, 1.82) is 0 Å². The van der Waals surface area contributed by atoms with Crippen LogP contribution in [0, 0.1) is 0 Å². The molecule has 1 aromatic rings. The van der Waals surface area contributed by atoms with E-state index in [0.717, 1.165) is 44.5 Å². The third-order valence-corrected chi connectivity index (χ3v) is 5.19. The van der Waals surface area contributed by atoms with Crippen LogP contribution in [-0.2, 0) is 17.8 Å². The number of benzene rings is 1. The Kier molecular flexibility index (Phi) is 6.87. The number of ether oxygens (including phenoxy) is 1. The molecule has 1 heterocycles. The van der Waals surface area contributed by atoms with Gasteiger partial charge in [0, 0.05) is 32.2 Å². The average molecular weight is 348 g/mol. The number of nitrogens with one attached hydrogen (secondary N) is 2. The fourth-order valence-electron chi connectivity index (χ4n) is 3.45. The first-order chi connectivity index (χ1) is 11.8. The molecule has 5 heteroatoms. The zero-order valence-electron chi connectivity index (χ0n) is 14.4. The summed E-state index contributed by atoms with van der Waals surface area (Å²) in [6.07, 6.45) is 6.51. The Balaban J connectivity index is 1.39. The number of morpholine rings is 1. The van der Waals surface area contributed by atoms with Crippen molar-refractivity contribution in [3.63, 3.8) is 0 Å². The van der Waals surface area contributed by atoms with Gasteiger partial charge in [-0.15, -0.1) is 0 Å². The number of hydrogen-bond donors (Lipinski definition) is 2. The van der Waals surface area contributed by atoms with Gasteiger partial charge in [0.25, 0.3) is 0 Å². The van der Waals surface area contributed by atoms with E-state index in [1.807, 2.05) is 0 Å². The summed E-state index contributed by atoms with van der Waals surface area (Å²) in [7, 11) is 0.